The number of pyridine rings is 1. The molecule has 116 valence electrons. The summed E-state index contributed by atoms with van der Waals surface area (Å²) in [5.74, 6) is 0. The number of aromatic nitrogens is 1. The molecule has 0 aliphatic rings. The lowest BCUT2D eigenvalue weighted by Gasteiger charge is -2.25. The van der Waals surface area contributed by atoms with E-state index in [1.807, 2.05) is 18.2 Å². The van der Waals surface area contributed by atoms with Crippen LogP contribution in [0.1, 0.15) is 12.5 Å². The Morgan fingerprint density at radius 2 is 2.00 bits per heavy atom. The molecule has 1 heterocycles. The van der Waals surface area contributed by atoms with E-state index >= 15 is 0 Å². The molecule has 0 aliphatic heterocycles. The Morgan fingerprint density at radius 3 is 2.68 bits per heavy atom. The van der Waals surface area contributed by atoms with Gasteiger partial charge in [0.05, 0.1) is 11.9 Å². The van der Waals surface area contributed by atoms with Gasteiger partial charge in [0.15, 0.2) is 0 Å². The van der Waals surface area contributed by atoms with Crippen molar-refractivity contribution in [1.29, 1.82) is 0 Å². The summed E-state index contributed by atoms with van der Waals surface area (Å²) >= 11 is 0. The largest absolute Gasteiger partial charge is 0.336 e. The Hall–Kier alpha value is -2.40. The Bertz CT molecular complexity index is 574. The van der Waals surface area contributed by atoms with Gasteiger partial charge in [0.2, 0.25) is 0 Å². The summed E-state index contributed by atoms with van der Waals surface area (Å²) in [5.41, 5.74) is 1.95. The third-order valence-corrected chi connectivity index (χ3v) is 3.50. The molecule has 0 saturated carbocycles. The van der Waals surface area contributed by atoms with Gasteiger partial charge in [0.1, 0.15) is 0 Å². The van der Waals surface area contributed by atoms with Crippen molar-refractivity contribution in [2.45, 2.75) is 19.5 Å². The second-order valence-corrected chi connectivity index (χ2v) is 5.33. The summed E-state index contributed by atoms with van der Waals surface area (Å²) < 4.78 is 0. The first-order valence-corrected chi connectivity index (χ1v) is 7.34. The highest BCUT2D eigenvalue weighted by Crippen LogP contribution is 2.06. The molecule has 2 aromatic rings. The number of benzene rings is 1. The minimum atomic E-state index is -0.215. The predicted octanol–water partition coefficient (Wildman–Crippen LogP) is 2.72. The Balaban J connectivity index is 1.74. The second kappa shape index (κ2) is 8.14. The van der Waals surface area contributed by atoms with Gasteiger partial charge in [-0.05, 0) is 31.7 Å². The smallest absolute Gasteiger partial charge is 0.319 e. The maximum Gasteiger partial charge on any atom is 0.319 e. The molecular weight excluding hydrogens is 276 g/mol. The second-order valence-electron chi connectivity index (χ2n) is 5.33. The van der Waals surface area contributed by atoms with Crippen LogP contribution in [0, 0.1) is 0 Å². The molecule has 1 aromatic carbocycles. The molecule has 2 rings (SSSR count). The van der Waals surface area contributed by atoms with Crippen molar-refractivity contribution in [1.82, 2.24) is 15.2 Å². The number of carbonyl (C=O) groups is 1. The number of likely N-dealkylation sites (N-methyl/N-ethyl adjacent to an activating group) is 1. The van der Waals surface area contributed by atoms with Crippen molar-refractivity contribution in [3.63, 3.8) is 0 Å². The number of hydrogen-bond acceptors (Lipinski definition) is 3. The van der Waals surface area contributed by atoms with Crippen LogP contribution in [0.25, 0.3) is 0 Å². The number of carbonyl (C=O) groups excluding carboxylic acids is 1. The Labute approximate surface area is 131 Å². The van der Waals surface area contributed by atoms with Crippen molar-refractivity contribution < 1.29 is 4.79 Å². The summed E-state index contributed by atoms with van der Waals surface area (Å²) in [5, 5.41) is 5.63. The first kappa shape index (κ1) is 16.0. The van der Waals surface area contributed by atoms with Gasteiger partial charge in [0.25, 0.3) is 0 Å². The first-order chi connectivity index (χ1) is 10.6. The van der Waals surface area contributed by atoms with E-state index in [0.29, 0.717) is 12.2 Å². The highest BCUT2D eigenvalue weighted by molar-refractivity contribution is 5.88. The molecule has 0 unspecified atom stereocenters. The molecule has 0 bridgehead atoms. The summed E-state index contributed by atoms with van der Waals surface area (Å²) in [6.07, 6.45) is 3.29. The van der Waals surface area contributed by atoms with Gasteiger partial charge in [-0.3, -0.25) is 9.88 Å². The average Bonchev–Trinajstić information content (AvgIpc) is 2.54. The maximum atomic E-state index is 11.8. The van der Waals surface area contributed by atoms with Gasteiger partial charge in [-0.2, -0.15) is 0 Å². The van der Waals surface area contributed by atoms with E-state index in [4.69, 9.17) is 0 Å². The van der Waals surface area contributed by atoms with Crippen LogP contribution in [-0.4, -0.2) is 35.5 Å². The minimum Gasteiger partial charge on any atom is -0.336 e. The topological polar surface area (TPSA) is 57.3 Å². The summed E-state index contributed by atoms with van der Waals surface area (Å²) in [7, 11) is 2.05. The van der Waals surface area contributed by atoms with Crippen LogP contribution in [0.15, 0.2) is 54.9 Å². The number of nitrogens with zero attached hydrogens (tertiary/aromatic N) is 2. The van der Waals surface area contributed by atoms with Gasteiger partial charge < -0.3 is 10.6 Å². The fraction of sp³-hybridized carbons (Fsp3) is 0.294. The van der Waals surface area contributed by atoms with Crippen LogP contribution < -0.4 is 10.6 Å². The minimum absolute atomic E-state index is 0.215. The normalized spacial score (nSPS) is 12.0. The number of anilines is 1. The third-order valence-electron chi connectivity index (χ3n) is 3.50. The number of nitrogens with one attached hydrogen (secondary N) is 2. The standard InChI is InChI=1S/C17H22N4O/c1-14(21(2)13-15-7-4-3-5-8-15)11-19-17(22)20-16-9-6-10-18-12-16/h3-10,12,14H,11,13H2,1-2H3,(H2,19,20,22)/t14-/m0/s1. The van der Waals surface area contributed by atoms with Crippen LogP contribution in [0.3, 0.4) is 0 Å². The zero-order valence-corrected chi connectivity index (χ0v) is 13.0. The SMILES string of the molecule is C[C@@H](CNC(=O)Nc1cccnc1)N(C)Cc1ccccc1. The van der Waals surface area contributed by atoms with Crippen LogP contribution >= 0.6 is 0 Å². The van der Waals surface area contributed by atoms with Crippen LogP contribution in [-0.2, 0) is 6.54 Å². The molecule has 2 N–H and O–H groups in total. The molecule has 1 aromatic heterocycles. The third kappa shape index (κ3) is 5.18. The van der Waals surface area contributed by atoms with Crippen molar-refractivity contribution >= 4 is 11.7 Å². The quantitative estimate of drug-likeness (QED) is 0.862. The summed E-state index contributed by atoms with van der Waals surface area (Å²) in [6, 6.07) is 13.9. The van der Waals surface area contributed by atoms with Crippen molar-refractivity contribution in [2.24, 2.45) is 0 Å². The Kier molecular flexibility index (Phi) is 5.91. The number of amides is 2. The summed E-state index contributed by atoms with van der Waals surface area (Å²) in [6.45, 7) is 3.52. The van der Waals surface area contributed by atoms with Crippen LogP contribution in [0.4, 0.5) is 10.5 Å². The molecule has 5 heteroatoms. The zero-order chi connectivity index (χ0) is 15.8. The molecule has 0 saturated heterocycles. The van der Waals surface area contributed by atoms with E-state index in [1.165, 1.54) is 5.56 Å². The average molecular weight is 298 g/mol. The van der Waals surface area contributed by atoms with Crippen molar-refractivity contribution in [2.75, 3.05) is 18.9 Å². The molecule has 0 fully saturated rings. The van der Waals surface area contributed by atoms with E-state index < -0.39 is 0 Å². The molecule has 0 spiro atoms. The molecule has 5 nitrogen and oxygen atoms in total. The Morgan fingerprint density at radius 1 is 1.23 bits per heavy atom. The molecule has 2 amide bonds. The molecular formula is C17H22N4O. The van der Waals surface area contributed by atoms with Crippen LogP contribution in [0.5, 0.6) is 0 Å². The lowest BCUT2D eigenvalue weighted by atomic mass is 10.2. The predicted molar refractivity (Wildman–Crippen MR) is 88.6 cm³/mol. The fourth-order valence-electron chi connectivity index (χ4n) is 2.04. The van der Waals surface area contributed by atoms with E-state index in [9.17, 15) is 4.79 Å². The molecule has 0 aliphatic carbocycles. The number of hydrogen-bond donors (Lipinski definition) is 2. The fourth-order valence-corrected chi connectivity index (χ4v) is 2.04. The first-order valence-electron chi connectivity index (χ1n) is 7.34. The van der Waals surface area contributed by atoms with Gasteiger partial charge in [-0.25, -0.2) is 4.79 Å². The molecule has 22 heavy (non-hydrogen) atoms. The lowest BCUT2D eigenvalue weighted by molar-refractivity contribution is 0.230. The number of rotatable bonds is 6. The van der Waals surface area contributed by atoms with Crippen molar-refractivity contribution in [3.05, 3.63) is 60.4 Å². The zero-order valence-electron chi connectivity index (χ0n) is 13.0. The van der Waals surface area contributed by atoms with Gasteiger partial charge in [-0.1, -0.05) is 30.3 Å². The van der Waals surface area contributed by atoms with Gasteiger partial charge in [0, 0.05) is 25.3 Å². The summed E-state index contributed by atoms with van der Waals surface area (Å²) in [4.78, 5) is 18.0. The lowest BCUT2D eigenvalue weighted by Crippen LogP contribution is -2.41. The van der Waals surface area contributed by atoms with Crippen LogP contribution in [0.2, 0.25) is 0 Å². The highest BCUT2D eigenvalue weighted by Gasteiger charge is 2.11. The van der Waals surface area contributed by atoms with Gasteiger partial charge >= 0.3 is 6.03 Å². The highest BCUT2D eigenvalue weighted by atomic mass is 16.2. The molecule has 0 radical (unpaired) electrons. The number of urea groups is 1. The van der Waals surface area contributed by atoms with E-state index in [-0.39, 0.29) is 12.1 Å². The molecule has 1 atom stereocenters. The van der Waals surface area contributed by atoms with E-state index in [1.54, 1.807) is 24.5 Å². The van der Waals surface area contributed by atoms with E-state index in [0.717, 1.165) is 6.54 Å². The van der Waals surface area contributed by atoms with Crippen molar-refractivity contribution in [3.8, 4) is 0 Å². The maximum absolute atomic E-state index is 11.8. The monoisotopic (exact) mass is 298 g/mol. The van der Waals surface area contributed by atoms with E-state index in [2.05, 4.69) is 46.6 Å². The van der Waals surface area contributed by atoms with Gasteiger partial charge in [-0.15, -0.1) is 0 Å².